The first-order chi connectivity index (χ1) is 17.7. The van der Waals surface area contributed by atoms with Crippen LogP contribution in [-0.4, -0.2) is 74.8 Å². The number of phenolic OH excluding ortho intramolecular Hbond substituents is 1. The van der Waals surface area contributed by atoms with Crippen LogP contribution in [0.2, 0.25) is 0 Å². The van der Waals surface area contributed by atoms with Gasteiger partial charge in [-0.1, -0.05) is 6.07 Å². The lowest BCUT2D eigenvalue weighted by Gasteiger charge is -2.56. The summed E-state index contributed by atoms with van der Waals surface area (Å²) in [4.78, 5) is 14.8. The van der Waals surface area contributed by atoms with Crippen LogP contribution in [0.4, 0.5) is 10.2 Å². The van der Waals surface area contributed by atoms with Crippen LogP contribution in [-0.2, 0) is 0 Å². The van der Waals surface area contributed by atoms with Crippen LogP contribution in [0.5, 0.6) is 17.5 Å². The fourth-order valence-corrected chi connectivity index (χ4v) is 5.72. The third kappa shape index (κ3) is 4.52. The van der Waals surface area contributed by atoms with E-state index >= 15 is 4.39 Å². The van der Waals surface area contributed by atoms with E-state index in [2.05, 4.69) is 37.4 Å². The molecule has 0 unspecified atom stereocenters. The van der Waals surface area contributed by atoms with Crippen LogP contribution in [0.25, 0.3) is 22.6 Å². The minimum absolute atomic E-state index is 0.0344. The SMILES string of the molecule is COc1ncc(-c2ccc(-c3ncc(N(C)[C@@H]4C[C@@]5(C)CCC[C@](C)(N5)[C@@H]4F)nn3)c(O)c2)nc1OC. The number of nitrogens with zero attached hydrogens (tertiary/aromatic N) is 6. The first kappa shape index (κ1) is 25.1. The summed E-state index contributed by atoms with van der Waals surface area (Å²) in [6.07, 6.45) is 5.58. The van der Waals surface area contributed by atoms with Gasteiger partial charge in [-0.3, -0.25) is 0 Å². The van der Waals surface area contributed by atoms with Crippen molar-refractivity contribution in [3.63, 3.8) is 0 Å². The van der Waals surface area contributed by atoms with Crippen molar-refractivity contribution < 1.29 is 19.0 Å². The Labute approximate surface area is 215 Å². The maximum Gasteiger partial charge on any atom is 0.278 e. The quantitative estimate of drug-likeness (QED) is 0.511. The number of hydrogen-bond acceptors (Lipinski definition) is 10. The minimum Gasteiger partial charge on any atom is -0.507 e. The summed E-state index contributed by atoms with van der Waals surface area (Å²) in [6, 6.07) is 4.68. The van der Waals surface area contributed by atoms with E-state index in [-0.39, 0.29) is 34.9 Å². The zero-order chi connectivity index (χ0) is 26.4. The molecule has 37 heavy (non-hydrogen) atoms. The molecule has 2 aromatic heterocycles. The summed E-state index contributed by atoms with van der Waals surface area (Å²) < 4.78 is 26.0. The van der Waals surface area contributed by atoms with Crippen LogP contribution < -0.4 is 19.7 Å². The number of aromatic hydroxyl groups is 1. The number of anilines is 1. The van der Waals surface area contributed by atoms with Gasteiger partial charge in [-0.2, -0.15) is 0 Å². The van der Waals surface area contributed by atoms with Crippen molar-refractivity contribution >= 4 is 5.82 Å². The molecule has 4 heterocycles. The molecular formula is C26H32FN7O3. The maximum absolute atomic E-state index is 15.6. The Kier molecular flexibility index (Phi) is 6.35. The molecule has 2 N–H and O–H groups in total. The van der Waals surface area contributed by atoms with Crippen LogP contribution in [0, 0.1) is 0 Å². The topological polar surface area (TPSA) is 118 Å². The Morgan fingerprint density at radius 3 is 2.54 bits per heavy atom. The molecule has 0 saturated carbocycles. The maximum atomic E-state index is 15.6. The summed E-state index contributed by atoms with van der Waals surface area (Å²) in [5, 5.41) is 22.8. The van der Waals surface area contributed by atoms with Crippen molar-refractivity contribution in [2.45, 2.75) is 62.8 Å². The largest absolute Gasteiger partial charge is 0.507 e. The number of alkyl halides is 1. The van der Waals surface area contributed by atoms with Gasteiger partial charge < -0.3 is 24.8 Å². The third-order valence-electron chi connectivity index (χ3n) is 7.66. The highest BCUT2D eigenvalue weighted by molar-refractivity contribution is 5.71. The lowest BCUT2D eigenvalue weighted by molar-refractivity contribution is 0.00193. The van der Waals surface area contributed by atoms with E-state index in [9.17, 15) is 5.11 Å². The van der Waals surface area contributed by atoms with Crippen LogP contribution in [0.1, 0.15) is 39.5 Å². The van der Waals surface area contributed by atoms with Gasteiger partial charge in [-0.25, -0.2) is 19.3 Å². The fourth-order valence-electron chi connectivity index (χ4n) is 5.72. The fraction of sp³-hybridized carbons (Fsp3) is 0.500. The molecule has 10 nitrogen and oxygen atoms in total. The van der Waals surface area contributed by atoms with E-state index in [1.165, 1.54) is 20.4 Å². The van der Waals surface area contributed by atoms with Gasteiger partial charge in [-0.15, -0.1) is 10.2 Å². The Morgan fingerprint density at radius 1 is 1.08 bits per heavy atom. The van der Waals surface area contributed by atoms with Gasteiger partial charge in [0.1, 0.15) is 11.9 Å². The van der Waals surface area contributed by atoms with Crippen LogP contribution in [0.15, 0.2) is 30.6 Å². The molecule has 0 amide bonds. The third-order valence-corrected chi connectivity index (χ3v) is 7.66. The highest BCUT2D eigenvalue weighted by Crippen LogP contribution is 2.43. The zero-order valence-corrected chi connectivity index (χ0v) is 21.7. The molecule has 1 aromatic carbocycles. The van der Waals surface area contributed by atoms with E-state index in [0.717, 1.165) is 19.3 Å². The number of methoxy groups -OCH3 is 2. The average Bonchev–Trinajstić information content (AvgIpc) is 2.90. The number of benzene rings is 1. The molecular weight excluding hydrogens is 477 g/mol. The van der Waals surface area contributed by atoms with Gasteiger partial charge in [-0.05, 0) is 51.7 Å². The second kappa shape index (κ2) is 9.37. The lowest BCUT2D eigenvalue weighted by atomic mass is 9.68. The number of phenols is 1. The number of rotatable bonds is 6. The average molecular weight is 510 g/mol. The first-order valence-corrected chi connectivity index (χ1v) is 12.3. The summed E-state index contributed by atoms with van der Waals surface area (Å²) in [6.45, 7) is 4.15. The zero-order valence-electron chi connectivity index (χ0n) is 21.7. The summed E-state index contributed by atoms with van der Waals surface area (Å²) >= 11 is 0. The molecule has 0 radical (unpaired) electrons. The van der Waals surface area contributed by atoms with Crippen molar-refractivity contribution in [2.75, 3.05) is 26.2 Å². The highest BCUT2D eigenvalue weighted by atomic mass is 19.1. The predicted molar refractivity (Wildman–Crippen MR) is 137 cm³/mol. The molecule has 4 atom stereocenters. The van der Waals surface area contributed by atoms with Crippen LogP contribution in [0.3, 0.4) is 0 Å². The van der Waals surface area contributed by atoms with Crippen molar-refractivity contribution in [2.24, 2.45) is 0 Å². The Balaban J connectivity index is 1.37. The van der Waals surface area contributed by atoms with Crippen molar-refractivity contribution in [3.05, 3.63) is 30.6 Å². The Bertz CT molecular complexity index is 1290. The van der Waals surface area contributed by atoms with Gasteiger partial charge in [0.15, 0.2) is 11.6 Å². The van der Waals surface area contributed by atoms with Gasteiger partial charge in [0.25, 0.3) is 11.8 Å². The summed E-state index contributed by atoms with van der Waals surface area (Å²) in [5.74, 6) is 1.23. The molecule has 2 aliphatic rings. The molecule has 0 spiro atoms. The molecule has 196 valence electrons. The first-order valence-electron chi connectivity index (χ1n) is 12.3. The second-order valence-corrected chi connectivity index (χ2v) is 10.4. The van der Waals surface area contributed by atoms with Crippen LogP contribution >= 0.6 is 0 Å². The summed E-state index contributed by atoms with van der Waals surface area (Å²) in [5.41, 5.74) is 0.883. The van der Waals surface area contributed by atoms with E-state index < -0.39 is 11.7 Å². The van der Waals surface area contributed by atoms with Gasteiger partial charge in [0.2, 0.25) is 0 Å². The normalized spacial score (nSPS) is 27.0. The molecule has 0 aliphatic carbocycles. The van der Waals surface area contributed by atoms with E-state index in [1.807, 2.05) is 18.9 Å². The van der Waals surface area contributed by atoms with E-state index in [0.29, 0.717) is 29.1 Å². The Morgan fingerprint density at radius 2 is 1.86 bits per heavy atom. The lowest BCUT2D eigenvalue weighted by Crippen LogP contribution is -2.72. The standard InChI is InChI=1S/C26H32FN7O3/c1-25-9-6-10-26(2,33-25)21(27)18(12-25)34(3)20-14-28-22(32-31-20)16-8-7-15(11-19(16)35)17-13-29-23(36-4)24(30-17)37-5/h7-8,11,13-14,18,21,33,35H,6,9-10,12H2,1-5H3/t18-,21-,25-,26+/m1/s1. The highest BCUT2D eigenvalue weighted by Gasteiger charge is 2.53. The monoisotopic (exact) mass is 509 g/mol. The number of nitrogens with one attached hydrogen (secondary N) is 1. The summed E-state index contributed by atoms with van der Waals surface area (Å²) in [7, 11) is 4.80. The number of hydrogen-bond donors (Lipinski definition) is 2. The Hall–Kier alpha value is -3.60. The van der Waals surface area contributed by atoms with Crippen molar-refractivity contribution in [1.82, 2.24) is 30.5 Å². The van der Waals surface area contributed by atoms with Crippen molar-refractivity contribution in [3.8, 4) is 40.2 Å². The minimum atomic E-state index is -1.05. The van der Waals surface area contributed by atoms with Gasteiger partial charge in [0.05, 0.1) is 43.9 Å². The number of halogens is 1. The smallest absolute Gasteiger partial charge is 0.278 e. The van der Waals surface area contributed by atoms with Crippen molar-refractivity contribution in [1.29, 1.82) is 0 Å². The predicted octanol–water partition coefficient (Wildman–Crippen LogP) is 3.56. The molecule has 11 heteroatoms. The number of ether oxygens (including phenoxy) is 2. The molecule has 2 aliphatic heterocycles. The molecule has 2 bridgehead atoms. The number of aromatic nitrogens is 5. The van der Waals surface area contributed by atoms with E-state index in [1.54, 1.807) is 24.4 Å². The van der Waals surface area contributed by atoms with Gasteiger partial charge >= 0.3 is 0 Å². The second-order valence-electron chi connectivity index (χ2n) is 10.4. The molecule has 2 saturated heterocycles. The number of fused-ring (bicyclic) bond motifs is 2. The van der Waals surface area contributed by atoms with Gasteiger partial charge in [0, 0.05) is 23.7 Å². The molecule has 5 rings (SSSR count). The molecule has 3 aromatic rings. The van der Waals surface area contributed by atoms with E-state index in [4.69, 9.17) is 9.47 Å². The number of piperidine rings is 2. The molecule has 2 fully saturated rings.